The van der Waals surface area contributed by atoms with E-state index in [9.17, 15) is 9.59 Å². The molecule has 2 aromatic carbocycles. The molecule has 0 spiro atoms. The molecule has 32 heavy (non-hydrogen) atoms. The highest BCUT2D eigenvalue weighted by molar-refractivity contribution is 5.95. The Morgan fingerprint density at radius 1 is 1.12 bits per heavy atom. The van der Waals surface area contributed by atoms with Crippen LogP contribution in [0.2, 0.25) is 0 Å². The van der Waals surface area contributed by atoms with E-state index in [-0.39, 0.29) is 11.8 Å². The number of carbonyl (C=O) groups is 2. The monoisotopic (exact) mass is 433 g/mol. The average Bonchev–Trinajstić information content (AvgIpc) is 3.24. The van der Waals surface area contributed by atoms with Crippen molar-refractivity contribution >= 4 is 17.5 Å². The van der Waals surface area contributed by atoms with Crippen molar-refractivity contribution in [2.24, 2.45) is 5.92 Å². The molecule has 2 N–H and O–H groups in total. The van der Waals surface area contributed by atoms with E-state index in [4.69, 9.17) is 4.84 Å². The van der Waals surface area contributed by atoms with Gasteiger partial charge in [0.05, 0.1) is 5.70 Å². The zero-order chi connectivity index (χ0) is 22.6. The van der Waals surface area contributed by atoms with E-state index >= 15 is 0 Å². The molecule has 1 saturated heterocycles. The number of likely N-dealkylation sites (tertiary alicyclic amines) is 1. The molecule has 0 saturated carbocycles. The van der Waals surface area contributed by atoms with Gasteiger partial charge in [0.1, 0.15) is 0 Å². The first-order chi connectivity index (χ1) is 15.5. The molecule has 0 radical (unpaired) electrons. The first-order valence-corrected chi connectivity index (χ1v) is 11.4. The lowest BCUT2D eigenvalue weighted by atomic mass is 9.90. The summed E-state index contributed by atoms with van der Waals surface area (Å²) in [6.07, 6.45) is 4.87. The second-order valence-electron chi connectivity index (χ2n) is 8.73. The van der Waals surface area contributed by atoms with E-state index < -0.39 is 5.60 Å². The summed E-state index contributed by atoms with van der Waals surface area (Å²) in [5, 5.41) is 2.78. The molecule has 2 amide bonds. The van der Waals surface area contributed by atoms with Gasteiger partial charge in [-0.3, -0.25) is 19.9 Å². The molecule has 2 aliphatic heterocycles. The summed E-state index contributed by atoms with van der Waals surface area (Å²) in [5.74, 6) is 0.467. The first kappa shape index (κ1) is 22.1. The van der Waals surface area contributed by atoms with Gasteiger partial charge in [-0.1, -0.05) is 42.5 Å². The second kappa shape index (κ2) is 9.57. The van der Waals surface area contributed by atoms with Crippen LogP contribution in [0.25, 0.3) is 5.70 Å². The fourth-order valence-corrected chi connectivity index (χ4v) is 4.38. The fourth-order valence-electron chi connectivity index (χ4n) is 4.38. The molecule has 2 aliphatic rings. The van der Waals surface area contributed by atoms with Crippen LogP contribution in [0, 0.1) is 5.92 Å². The number of rotatable bonds is 6. The Morgan fingerprint density at radius 3 is 2.59 bits per heavy atom. The van der Waals surface area contributed by atoms with Crippen molar-refractivity contribution < 1.29 is 14.4 Å². The largest absolute Gasteiger partial charge is 0.353 e. The zero-order valence-electron chi connectivity index (χ0n) is 18.8. The highest BCUT2D eigenvalue weighted by atomic mass is 16.7. The lowest BCUT2D eigenvalue weighted by Gasteiger charge is -2.32. The van der Waals surface area contributed by atoms with E-state index in [2.05, 4.69) is 35.1 Å². The van der Waals surface area contributed by atoms with Gasteiger partial charge in [0.15, 0.2) is 5.60 Å². The van der Waals surface area contributed by atoms with Crippen molar-refractivity contribution in [2.75, 3.05) is 19.6 Å². The first-order valence-electron chi connectivity index (χ1n) is 11.4. The summed E-state index contributed by atoms with van der Waals surface area (Å²) in [4.78, 5) is 32.9. The summed E-state index contributed by atoms with van der Waals surface area (Å²) < 4.78 is 0. The van der Waals surface area contributed by atoms with Gasteiger partial charge in [0.25, 0.3) is 11.8 Å². The molecular weight excluding hydrogens is 402 g/mol. The Labute approximate surface area is 189 Å². The summed E-state index contributed by atoms with van der Waals surface area (Å²) >= 11 is 0. The lowest BCUT2D eigenvalue weighted by Crippen LogP contribution is -2.44. The van der Waals surface area contributed by atoms with Gasteiger partial charge in [-0.25, -0.2) is 0 Å². The van der Waals surface area contributed by atoms with Crippen LogP contribution >= 0.6 is 0 Å². The minimum Gasteiger partial charge on any atom is -0.353 e. The van der Waals surface area contributed by atoms with Crippen molar-refractivity contribution in [3.63, 3.8) is 0 Å². The smallest absolute Gasteiger partial charge is 0.258 e. The number of benzene rings is 2. The number of hydroxylamine groups is 1. The number of carbonyl (C=O) groups excluding carboxylic acids is 2. The molecule has 2 heterocycles. The zero-order valence-corrected chi connectivity index (χ0v) is 18.8. The molecule has 1 atom stereocenters. The third kappa shape index (κ3) is 4.86. The van der Waals surface area contributed by atoms with E-state index in [0.717, 1.165) is 37.9 Å². The number of nitrogens with zero attached hydrogens (tertiary/aromatic N) is 1. The van der Waals surface area contributed by atoms with Gasteiger partial charge in [0, 0.05) is 30.8 Å². The molecule has 6 nitrogen and oxygen atoms in total. The number of likely N-dealkylation sites (N-methyl/N-ethyl adjacent to an activating group) is 1. The van der Waals surface area contributed by atoms with Crippen molar-refractivity contribution in [2.45, 2.75) is 38.7 Å². The van der Waals surface area contributed by atoms with E-state index in [1.807, 2.05) is 42.2 Å². The third-order valence-electron chi connectivity index (χ3n) is 6.27. The molecule has 1 unspecified atom stereocenters. The normalized spacial score (nSPS) is 21.1. The molecule has 0 aromatic heterocycles. The third-order valence-corrected chi connectivity index (χ3v) is 6.27. The van der Waals surface area contributed by atoms with Gasteiger partial charge < -0.3 is 10.2 Å². The number of nitrogens with one attached hydrogen (secondary N) is 2. The van der Waals surface area contributed by atoms with Crippen LogP contribution in [-0.2, 0) is 16.1 Å². The van der Waals surface area contributed by atoms with E-state index in [1.165, 1.54) is 5.56 Å². The van der Waals surface area contributed by atoms with E-state index in [0.29, 0.717) is 23.7 Å². The Morgan fingerprint density at radius 2 is 1.88 bits per heavy atom. The highest BCUT2D eigenvalue weighted by Crippen LogP contribution is 2.28. The summed E-state index contributed by atoms with van der Waals surface area (Å²) in [5.41, 5.74) is 5.30. The molecule has 2 aromatic rings. The van der Waals surface area contributed by atoms with Crippen LogP contribution in [0.4, 0.5) is 0 Å². The van der Waals surface area contributed by atoms with Crippen molar-refractivity contribution in [1.29, 1.82) is 0 Å². The quantitative estimate of drug-likeness (QED) is 0.731. The minimum absolute atomic E-state index is 0.0519. The van der Waals surface area contributed by atoms with Gasteiger partial charge in [-0.05, 0) is 62.8 Å². The molecule has 1 fully saturated rings. The Hall–Kier alpha value is -3.12. The summed E-state index contributed by atoms with van der Waals surface area (Å²) in [6, 6.07) is 18.1. The van der Waals surface area contributed by atoms with Gasteiger partial charge in [-0.2, -0.15) is 0 Å². The lowest BCUT2D eigenvalue weighted by molar-refractivity contribution is -0.141. The van der Waals surface area contributed by atoms with Crippen LogP contribution in [0.15, 0.2) is 60.7 Å². The minimum atomic E-state index is -1.08. The predicted octanol–water partition coefficient (Wildman–Crippen LogP) is 3.55. The number of piperidine rings is 1. The molecule has 0 aliphatic carbocycles. The summed E-state index contributed by atoms with van der Waals surface area (Å²) in [6.45, 7) is 5.67. The van der Waals surface area contributed by atoms with Gasteiger partial charge >= 0.3 is 0 Å². The maximum atomic E-state index is 13.1. The molecular formula is C26H31N3O3. The number of hydrogen-bond donors (Lipinski definition) is 2. The molecule has 6 heteroatoms. The highest BCUT2D eigenvalue weighted by Gasteiger charge is 2.38. The topological polar surface area (TPSA) is 70.7 Å². The SMILES string of the molecule is CCNC(=O)C1(C)C=C(c2cccc(C(=O)N3CCC(Cc4ccccc4)CC3)c2)NO1. The van der Waals surface area contributed by atoms with Crippen LogP contribution in [0.3, 0.4) is 0 Å². The van der Waals surface area contributed by atoms with Crippen molar-refractivity contribution in [3.05, 3.63) is 77.4 Å². The van der Waals surface area contributed by atoms with Gasteiger partial charge in [0.2, 0.25) is 0 Å². The second-order valence-corrected chi connectivity index (χ2v) is 8.73. The van der Waals surface area contributed by atoms with E-state index in [1.54, 1.807) is 13.0 Å². The molecule has 4 rings (SSSR count). The fraction of sp³-hybridized carbons (Fsp3) is 0.385. The number of hydrogen-bond acceptors (Lipinski definition) is 4. The van der Waals surface area contributed by atoms with Crippen LogP contribution in [-0.4, -0.2) is 41.9 Å². The van der Waals surface area contributed by atoms with Crippen LogP contribution in [0.5, 0.6) is 0 Å². The molecule has 168 valence electrons. The maximum absolute atomic E-state index is 13.1. The molecule has 0 bridgehead atoms. The van der Waals surface area contributed by atoms with Crippen LogP contribution < -0.4 is 10.8 Å². The van der Waals surface area contributed by atoms with Crippen LogP contribution in [0.1, 0.15) is 48.2 Å². The standard InChI is InChI=1S/C26H31N3O3/c1-3-27-25(31)26(2)18-23(28-32-26)21-10-7-11-22(17-21)24(30)29-14-12-20(13-15-29)16-19-8-5-4-6-9-19/h4-11,17-18,20,28H,3,12-16H2,1-2H3,(H,27,31). The Balaban J connectivity index is 1.39. The Kier molecular flexibility index (Phi) is 6.61. The number of amides is 2. The maximum Gasteiger partial charge on any atom is 0.258 e. The predicted molar refractivity (Wildman–Crippen MR) is 125 cm³/mol. The van der Waals surface area contributed by atoms with Gasteiger partial charge in [-0.15, -0.1) is 0 Å². The Bertz CT molecular complexity index is 996. The van der Waals surface area contributed by atoms with Crippen molar-refractivity contribution in [1.82, 2.24) is 15.7 Å². The average molecular weight is 434 g/mol. The summed E-state index contributed by atoms with van der Waals surface area (Å²) in [7, 11) is 0. The van der Waals surface area contributed by atoms with Crippen molar-refractivity contribution in [3.8, 4) is 0 Å².